The van der Waals surface area contributed by atoms with Crippen LogP contribution in [0.3, 0.4) is 0 Å². The van der Waals surface area contributed by atoms with Gasteiger partial charge < -0.3 is 20.3 Å². The molecule has 1 aliphatic rings. The van der Waals surface area contributed by atoms with Crippen molar-refractivity contribution in [1.29, 1.82) is 0 Å². The van der Waals surface area contributed by atoms with Crippen molar-refractivity contribution < 1.29 is 14.3 Å². The normalized spacial score (nSPS) is 14.4. The van der Waals surface area contributed by atoms with Gasteiger partial charge >= 0.3 is 0 Å². The summed E-state index contributed by atoms with van der Waals surface area (Å²) < 4.78 is 13.4. The maximum Gasteiger partial charge on any atom is 0.248 e. The number of phenols is 1. The molecule has 1 heterocycles. The van der Waals surface area contributed by atoms with Crippen LogP contribution >= 0.6 is 0 Å². The van der Waals surface area contributed by atoms with Gasteiger partial charge in [0.05, 0.1) is 5.52 Å². The maximum atomic E-state index is 13.4. The van der Waals surface area contributed by atoms with Crippen molar-refractivity contribution in [1.82, 2.24) is 15.2 Å². The third-order valence-corrected chi connectivity index (χ3v) is 7.89. The molecule has 210 valence electrons. The summed E-state index contributed by atoms with van der Waals surface area (Å²) in [6.45, 7) is 2.14. The van der Waals surface area contributed by atoms with Crippen LogP contribution in [0.2, 0.25) is 0 Å². The van der Waals surface area contributed by atoms with Crippen molar-refractivity contribution in [3.05, 3.63) is 75.8 Å². The third-order valence-electron chi connectivity index (χ3n) is 7.89. The maximum absolute atomic E-state index is 13.4. The molecule has 1 aliphatic carbocycles. The summed E-state index contributed by atoms with van der Waals surface area (Å²) in [4.78, 5) is 29.9. The van der Waals surface area contributed by atoms with E-state index in [2.05, 4.69) is 15.2 Å². The number of phenolic OH excluding ortho intramolecular Hbond substituents is 1. The van der Waals surface area contributed by atoms with Gasteiger partial charge in [-0.2, -0.15) is 0 Å². The van der Waals surface area contributed by atoms with Crippen LogP contribution < -0.4 is 10.9 Å². The predicted octanol–water partition coefficient (Wildman–Crippen LogP) is 5.86. The van der Waals surface area contributed by atoms with Crippen LogP contribution in [0.15, 0.2) is 53.3 Å². The minimum absolute atomic E-state index is 0.0902. The number of carbonyl (C=O) groups excluding carboxylic acids is 1. The second-order valence-corrected chi connectivity index (χ2v) is 10.8. The molecule has 0 unspecified atom stereocenters. The molecule has 0 radical (unpaired) electrons. The molecule has 1 amide bonds. The number of aromatic hydroxyl groups is 1. The van der Waals surface area contributed by atoms with Gasteiger partial charge in [0.2, 0.25) is 11.5 Å². The summed E-state index contributed by atoms with van der Waals surface area (Å²) in [5.74, 6) is 0.107. The van der Waals surface area contributed by atoms with Crippen LogP contribution in [0.25, 0.3) is 10.9 Å². The molecular formula is C32H42FN3O3. The second kappa shape index (κ2) is 14.8. The lowest BCUT2D eigenvalue weighted by Crippen LogP contribution is -2.42. The van der Waals surface area contributed by atoms with Gasteiger partial charge in [-0.05, 0) is 80.5 Å². The molecular weight excluding hydrogens is 493 g/mol. The van der Waals surface area contributed by atoms with Crippen molar-refractivity contribution in [2.75, 3.05) is 19.6 Å². The van der Waals surface area contributed by atoms with Crippen LogP contribution in [0, 0.1) is 5.82 Å². The van der Waals surface area contributed by atoms with Crippen molar-refractivity contribution in [2.45, 2.75) is 83.1 Å². The molecule has 7 heteroatoms. The van der Waals surface area contributed by atoms with E-state index in [1.54, 1.807) is 24.3 Å². The standard InChI is InChI=1S/C32H42FN3O3/c33-26-11-8-9-24(23-26)18-20-34-21-19-31(39)36(27-12-5-1-2-6-13-27)22-7-3-4-10-25-14-16-29(37)32-28(25)15-17-30(38)35-32/h8-9,11,14-17,23,27,34,37H,1-7,10,12-13,18-22H2,(H,35,38). The van der Waals surface area contributed by atoms with Gasteiger partial charge in [0.15, 0.2) is 0 Å². The molecule has 4 rings (SSSR count). The molecule has 39 heavy (non-hydrogen) atoms. The molecule has 1 aromatic heterocycles. The molecule has 0 spiro atoms. The first-order valence-electron chi connectivity index (χ1n) is 14.6. The zero-order chi connectivity index (χ0) is 27.5. The zero-order valence-electron chi connectivity index (χ0n) is 22.9. The number of H-pyrrole nitrogens is 1. The number of rotatable bonds is 13. The molecule has 0 saturated heterocycles. The largest absolute Gasteiger partial charge is 0.506 e. The van der Waals surface area contributed by atoms with E-state index in [4.69, 9.17) is 0 Å². The first kappa shape index (κ1) is 28.8. The minimum Gasteiger partial charge on any atom is -0.506 e. The Hall–Kier alpha value is -3.19. The number of nitrogens with zero attached hydrogens (tertiary/aromatic N) is 1. The number of fused-ring (bicyclic) bond motifs is 1. The van der Waals surface area contributed by atoms with Crippen LogP contribution in [0.4, 0.5) is 4.39 Å². The Kier molecular flexibility index (Phi) is 11.0. The Labute approximate surface area is 230 Å². The van der Waals surface area contributed by atoms with E-state index in [9.17, 15) is 19.1 Å². The Morgan fingerprint density at radius 1 is 0.974 bits per heavy atom. The van der Waals surface area contributed by atoms with E-state index in [0.29, 0.717) is 24.5 Å². The Bertz CT molecular complexity index is 1270. The van der Waals surface area contributed by atoms with Gasteiger partial charge in [-0.15, -0.1) is 0 Å². The first-order valence-corrected chi connectivity index (χ1v) is 14.6. The number of pyridine rings is 1. The number of aromatic amines is 1. The Morgan fingerprint density at radius 3 is 2.59 bits per heavy atom. The second-order valence-electron chi connectivity index (χ2n) is 10.8. The highest BCUT2D eigenvalue weighted by molar-refractivity contribution is 5.87. The number of benzene rings is 2. The predicted molar refractivity (Wildman–Crippen MR) is 155 cm³/mol. The molecule has 0 aliphatic heterocycles. The van der Waals surface area contributed by atoms with E-state index in [1.165, 1.54) is 37.8 Å². The Morgan fingerprint density at radius 2 is 1.79 bits per heavy atom. The van der Waals surface area contributed by atoms with Gasteiger partial charge in [0.25, 0.3) is 0 Å². The molecule has 0 atom stereocenters. The van der Waals surface area contributed by atoms with Crippen LogP contribution in [-0.2, 0) is 17.6 Å². The number of unbranched alkanes of at least 4 members (excludes halogenated alkanes) is 2. The SMILES string of the molecule is O=C(CCNCCc1cccc(F)c1)N(CCCCCc1ccc(O)c2[nH]c(=O)ccc12)C1CCCCCC1. The lowest BCUT2D eigenvalue weighted by atomic mass is 10.0. The number of carbonyl (C=O) groups is 1. The number of hydrogen-bond donors (Lipinski definition) is 3. The van der Waals surface area contributed by atoms with E-state index in [-0.39, 0.29) is 23.0 Å². The fourth-order valence-electron chi connectivity index (χ4n) is 5.76. The minimum atomic E-state index is -0.222. The molecule has 2 aromatic carbocycles. The molecule has 3 N–H and O–H groups in total. The van der Waals surface area contributed by atoms with Crippen LogP contribution in [0.5, 0.6) is 5.75 Å². The molecule has 0 bridgehead atoms. The van der Waals surface area contributed by atoms with E-state index in [0.717, 1.165) is 74.5 Å². The van der Waals surface area contributed by atoms with E-state index in [1.807, 2.05) is 12.1 Å². The summed E-state index contributed by atoms with van der Waals surface area (Å²) in [6.07, 6.45) is 12.1. The summed E-state index contributed by atoms with van der Waals surface area (Å²) >= 11 is 0. The number of aryl methyl sites for hydroxylation is 1. The van der Waals surface area contributed by atoms with Gasteiger partial charge in [0, 0.05) is 37.0 Å². The number of hydrogen-bond acceptors (Lipinski definition) is 4. The number of nitrogens with one attached hydrogen (secondary N) is 2. The highest BCUT2D eigenvalue weighted by Gasteiger charge is 2.24. The first-order chi connectivity index (χ1) is 19.0. The number of amides is 1. The molecule has 6 nitrogen and oxygen atoms in total. The summed E-state index contributed by atoms with van der Waals surface area (Å²) in [5.41, 5.74) is 2.34. The van der Waals surface area contributed by atoms with Crippen LogP contribution in [0.1, 0.15) is 75.3 Å². The topological polar surface area (TPSA) is 85.4 Å². The zero-order valence-corrected chi connectivity index (χ0v) is 22.9. The van der Waals surface area contributed by atoms with Crippen molar-refractivity contribution in [3.63, 3.8) is 0 Å². The average molecular weight is 536 g/mol. The Balaban J connectivity index is 1.25. The van der Waals surface area contributed by atoms with Crippen molar-refractivity contribution in [3.8, 4) is 5.75 Å². The summed E-state index contributed by atoms with van der Waals surface area (Å²) in [7, 11) is 0. The number of halogens is 1. The molecule has 1 saturated carbocycles. The lowest BCUT2D eigenvalue weighted by molar-refractivity contribution is -0.133. The summed E-state index contributed by atoms with van der Waals surface area (Å²) in [5, 5.41) is 14.4. The van der Waals surface area contributed by atoms with Crippen molar-refractivity contribution >= 4 is 16.8 Å². The number of aromatic nitrogens is 1. The fraction of sp³-hybridized carbons (Fsp3) is 0.500. The van der Waals surface area contributed by atoms with Gasteiger partial charge in [-0.3, -0.25) is 9.59 Å². The van der Waals surface area contributed by atoms with Crippen molar-refractivity contribution in [2.24, 2.45) is 0 Å². The van der Waals surface area contributed by atoms with Gasteiger partial charge in [-0.25, -0.2) is 4.39 Å². The molecule has 3 aromatic rings. The monoisotopic (exact) mass is 535 g/mol. The van der Waals surface area contributed by atoms with Gasteiger partial charge in [0.1, 0.15) is 11.6 Å². The fourth-order valence-corrected chi connectivity index (χ4v) is 5.76. The quantitative estimate of drug-likeness (QED) is 0.189. The van der Waals surface area contributed by atoms with E-state index >= 15 is 0 Å². The average Bonchev–Trinajstić information content (AvgIpc) is 3.21. The van der Waals surface area contributed by atoms with Gasteiger partial charge in [-0.1, -0.05) is 50.3 Å². The third kappa shape index (κ3) is 8.65. The summed E-state index contributed by atoms with van der Waals surface area (Å²) in [6, 6.07) is 13.9. The molecule has 1 fully saturated rings. The smallest absolute Gasteiger partial charge is 0.248 e. The highest BCUT2D eigenvalue weighted by Crippen LogP contribution is 2.26. The van der Waals surface area contributed by atoms with E-state index < -0.39 is 0 Å². The van der Waals surface area contributed by atoms with Crippen LogP contribution in [-0.4, -0.2) is 46.6 Å². The lowest BCUT2D eigenvalue weighted by Gasteiger charge is -2.31. The highest BCUT2D eigenvalue weighted by atomic mass is 19.1.